The van der Waals surface area contributed by atoms with Crippen LogP contribution in [0.2, 0.25) is 10.0 Å². The number of imidazole rings is 2. The maximum Gasteiger partial charge on any atom is 0.335 e. The Morgan fingerprint density at radius 1 is 1.07 bits per heavy atom. The number of aromatic nitrogens is 5. The molecule has 1 aliphatic heterocycles. The number of piperidine rings is 1. The number of nitrogens with zero attached hydrogens (tertiary/aromatic N) is 6. The first kappa shape index (κ1) is 29.9. The summed E-state index contributed by atoms with van der Waals surface area (Å²) in [5, 5.41) is 10.6. The van der Waals surface area contributed by atoms with E-state index in [0.717, 1.165) is 66.5 Å². The molecule has 1 aliphatic rings. The number of carboxylic acid groups (broad SMARTS) is 1. The number of benzene rings is 2. The van der Waals surface area contributed by atoms with Crippen LogP contribution in [-0.2, 0) is 26.2 Å². The van der Waals surface area contributed by atoms with Crippen molar-refractivity contribution in [3.8, 4) is 11.5 Å². The van der Waals surface area contributed by atoms with E-state index in [0.29, 0.717) is 28.9 Å². The van der Waals surface area contributed by atoms with Crippen LogP contribution in [0.3, 0.4) is 0 Å². The summed E-state index contributed by atoms with van der Waals surface area (Å²) in [6, 6.07) is 14.0. The summed E-state index contributed by atoms with van der Waals surface area (Å²) >= 11 is 12.2. The summed E-state index contributed by atoms with van der Waals surface area (Å²) in [5.74, 6) is 1.23. The van der Waals surface area contributed by atoms with Crippen LogP contribution in [0.4, 0.5) is 0 Å². The third kappa shape index (κ3) is 6.83. The number of carbonyl (C=O) groups is 1. The van der Waals surface area contributed by atoms with Gasteiger partial charge in [-0.25, -0.2) is 14.8 Å². The molecular weight excluding hydrogens is 603 g/mol. The normalized spacial score (nSPS) is 14.2. The second kappa shape index (κ2) is 13.3. The lowest BCUT2D eigenvalue weighted by atomic mass is 10.1. The Morgan fingerprint density at radius 2 is 1.91 bits per heavy atom. The van der Waals surface area contributed by atoms with Crippen molar-refractivity contribution in [1.29, 1.82) is 0 Å². The molecule has 5 aromatic rings. The predicted octanol–water partition coefficient (Wildman–Crippen LogP) is 6.32. The van der Waals surface area contributed by atoms with E-state index >= 15 is 0 Å². The van der Waals surface area contributed by atoms with Crippen molar-refractivity contribution in [1.82, 2.24) is 29.0 Å². The standard InChI is InChI=1S/C32H32Cl2N6O4/c1-2-39-20-35-16-24(39)17-40-29-13-21(32(41)42)3-5-28(29)37-31(40)18-38-11-8-25(9-12-38)44-26-7-10-36-23(15-26)19-43-30-6-4-22(33)14-27(30)34/h3-7,10,13-16,20,25H,2,8-9,11-12,17-19H2,1H3,(H,41,42). The lowest BCUT2D eigenvalue weighted by Gasteiger charge is -2.32. The fourth-order valence-electron chi connectivity index (χ4n) is 5.46. The van der Waals surface area contributed by atoms with E-state index in [4.69, 9.17) is 37.7 Å². The Morgan fingerprint density at radius 3 is 2.68 bits per heavy atom. The van der Waals surface area contributed by atoms with Crippen molar-refractivity contribution >= 4 is 40.2 Å². The average molecular weight is 636 g/mol. The summed E-state index contributed by atoms with van der Waals surface area (Å²) in [7, 11) is 0. The number of halogens is 2. The summed E-state index contributed by atoms with van der Waals surface area (Å²) < 4.78 is 16.4. The van der Waals surface area contributed by atoms with Gasteiger partial charge in [-0.15, -0.1) is 0 Å². The van der Waals surface area contributed by atoms with Crippen LogP contribution in [0.25, 0.3) is 11.0 Å². The van der Waals surface area contributed by atoms with Gasteiger partial charge in [0.15, 0.2) is 0 Å². The van der Waals surface area contributed by atoms with Gasteiger partial charge in [-0.05, 0) is 62.2 Å². The summed E-state index contributed by atoms with van der Waals surface area (Å²) in [6.07, 6.45) is 7.18. The average Bonchev–Trinajstić information content (AvgIpc) is 3.61. The summed E-state index contributed by atoms with van der Waals surface area (Å²) in [5.41, 5.74) is 3.60. The summed E-state index contributed by atoms with van der Waals surface area (Å²) in [4.78, 5) is 27.7. The number of likely N-dealkylation sites (tertiary alicyclic amines) is 1. The van der Waals surface area contributed by atoms with Gasteiger partial charge in [0.2, 0.25) is 0 Å². The Hall–Kier alpha value is -4.12. The molecule has 12 heteroatoms. The van der Waals surface area contributed by atoms with Crippen molar-refractivity contribution in [3.05, 3.63) is 100 Å². The van der Waals surface area contributed by atoms with E-state index in [2.05, 4.69) is 30.9 Å². The highest BCUT2D eigenvalue weighted by atomic mass is 35.5. The molecule has 0 aliphatic carbocycles. The Kier molecular flexibility index (Phi) is 9.02. The first-order valence-corrected chi connectivity index (χ1v) is 15.2. The minimum atomic E-state index is -0.957. The highest BCUT2D eigenvalue weighted by Crippen LogP contribution is 2.29. The molecule has 1 saturated heterocycles. The molecule has 4 heterocycles. The summed E-state index contributed by atoms with van der Waals surface area (Å²) in [6.45, 7) is 6.02. The van der Waals surface area contributed by atoms with Crippen LogP contribution < -0.4 is 9.47 Å². The molecule has 228 valence electrons. The van der Waals surface area contributed by atoms with Gasteiger partial charge in [0.05, 0.1) is 52.4 Å². The smallest absolute Gasteiger partial charge is 0.335 e. The molecular formula is C32H32Cl2N6O4. The molecule has 44 heavy (non-hydrogen) atoms. The molecule has 1 fully saturated rings. The SMILES string of the molecule is CCn1cncc1Cn1c(CN2CCC(Oc3ccnc(COc4ccc(Cl)cc4Cl)c3)CC2)nc2ccc(C(=O)O)cc21. The monoisotopic (exact) mass is 634 g/mol. The second-order valence-corrected chi connectivity index (χ2v) is 11.6. The zero-order valence-electron chi connectivity index (χ0n) is 24.2. The van der Waals surface area contributed by atoms with E-state index in [1.54, 1.807) is 42.6 Å². The predicted molar refractivity (Wildman–Crippen MR) is 168 cm³/mol. The Balaban J connectivity index is 1.10. The molecule has 2 aromatic carbocycles. The first-order chi connectivity index (χ1) is 21.4. The van der Waals surface area contributed by atoms with Gasteiger partial charge in [0, 0.05) is 43.1 Å². The van der Waals surface area contributed by atoms with Crippen molar-refractivity contribution in [2.75, 3.05) is 13.1 Å². The van der Waals surface area contributed by atoms with E-state index in [9.17, 15) is 9.90 Å². The van der Waals surface area contributed by atoms with Gasteiger partial charge < -0.3 is 23.7 Å². The number of aryl methyl sites for hydroxylation is 1. The molecule has 1 N–H and O–H groups in total. The van der Waals surface area contributed by atoms with Gasteiger partial charge in [-0.1, -0.05) is 23.2 Å². The number of aromatic carboxylic acids is 1. The van der Waals surface area contributed by atoms with E-state index in [-0.39, 0.29) is 18.3 Å². The van der Waals surface area contributed by atoms with Crippen molar-refractivity contribution in [3.63, 3.8) is 0 Å². The number of carboxylic acids is 1. The molecule has 0 amide bonds. The molecule has 10 nitrogen and oxygen atoms in total. The number of ether oxygens (including phenoxy) is 2. The molecule has 0 spiro atoms. The zero-order chi connectivity index (χ0) is 30.6. The van der Waals surface area contributed by atoms with Gasteiger partial charge >= 0.3 is 5.97 Å². The largest absolute Gasteiger partial charge is 0.490 e. The third-order valence-electron chi connectivity index (χ3n) is 7.79. The van der Waals surface area contributed by atoms with Gasteiger partial charge in [-0.3, -0.25) is 9.88 Å². The molecule has 6 rings (SSSR count). The van der Waals surface area contributed by atoms with Crippen LogP contribution in [0.5, 0.6) is 11.5 Å². The van der Waals surface area contributed by atoms with E-state index in [1.807, 2.05) is 24.7 Å². The van der Waals surface area contributed by atoms with Crippen LogP contribution >= 0.6 is 23.2 Å². The molecule has 0 unspecified atom stereocenters. The van der Waals surface area contributed by atoms with Crippen LogP contribution in [0.15, 0.2) is 67.3 Å². The third-order valence-corrected chi connectivity index (χ3v) is 8.32. The van der Waals surface area contributed by atoms with Gasteiger partial charge in [0.25, 0.3) is 0 Å². The lowest BCUT2D eigenvalue weighted by molar-refractivity contribution is 0.0697. The molecule has 0 atom stereocenters. The Labute approximate surface area is 264 Å². The zero-order valence-corrected chi connectivity index (χ0v) is 25.7. The maximum absolute atomic E-state index is 11.7. The van der Waals surface area contributed by atoms with Crippen molar-refractivity contribution < 1.29 is 19.4 Å². The lowest BCUT2D eigenvalue weighted by Crippen LogP contribution is -2.38. The number of fused-ring (bicyclic) bond motifs is 1. The number of pyridine rings is 1. The molecule has 3 aromatic heterocycles. The maximum atomic E-state index is 11.7. The molecule has 0 bridgehead atoms. The van der Waals surface area contributed by atoms with E-state index in [1.165, 1.54) is 0 Å². The fraction of sp³-hybridized carbons (Fsp3) is 0.312. The van der Waals surface area contributed by atoms with Crippen molar-refractivity contribution in [2.24, 2.45) is 0 Å². The highest BCUT2D eigenvalue weighted by molar-refractivity contribution is 6.35. The minimum absolute atomic E-state index is 0.0731. The quantitative estimate of drug-likeness (QED) is 0.180. The molecule has 0 radical (unpaired) electrons. The van der Waals surface area contributed by atoms with Crippen molar-refractivity contribution in [2.45, 2.75) is 52.1 Å². The van der Waals surface area contributed by atoms with Crippen LogP contribution in [-0.4, -0.2) is 59.3 Å². The topological polar surface area (TPSA) is 108 Å². The fourth-order valence-corrected chi connectivity index (χ4v) is 5.92. The molecule has 0 saturated carbocycles. The first-order valence-electron chi connectivity index (χ1n) is 14.5. The minimum Gasteiger partial charge on any atom is -0.490 e. The van der Waals surface area contributed by atoms with E-state index < -0.39 is 5.97 Å². The van der Waals surface area contributed by atoms with Gasteiger partial charge in [-0.2, -0.15) is 0 Å². The number of hydrogen-bond donors (Lipinski definition) is 1. The highest BCUT2D eigenvalue weighted by Gasteiger charge is 2.24. The second-order valence-electron chi connectivity index (χ2n) is 10.7. The van der Waals surface area contributed by atoms with Crippen LogP contribution in [0, 0.1) is 0 Å². The number of rotatable bonds is 11. The Bertz CT molecular complexity index is 1780. The van der Waals surface area contributed by atoms with Crippen LogP contribution in [0.1, 0.15) is 47.3 Å². The van der Waals surface area contributed by atoms with Gasteiger partial charge in [0.1, 0.15) is 30.0 Å². The number of hydrogen-bond acceptors (Lipinski definition) is 7.